The van der Waals surface area contributed by atoms with E-state index in [0.29, 0.717) is 0 Å². The molecule has 0 amide bonds. The molecule has 0 saturated carbocycles. The van der Waals surface area contributed by atoms with Gasteiger partial charge in [-0.25, -0.2) is 0 Å². The third-order valence-corrected chi connectivity index (χ3v) is 12.6. The van der Waals surface area contributed by atoms with E-state index in [0.717, 1.165) is 0 Å². The fourth-order valence-corrected chi connectivity index (χ4v) is 9.53. The topological polar surface area (TPSA) is 0 Å². The zero-order valence-electron chi connectivity index (χ0n) is 27.8. The van der Waals surface area contributed by atoms with E-state index in [1.165, 1.54) is 65.2 Å². The summed E-state index contributed by atoms with van der Waals surface area (Å²) in [6, 6.07) is 53.9. The van der Waals surface area contributed by atoms with Crippen molar-refractivity contribution >= 4 is 66.5 Å². The van der Waals surface area contributed by atoms with Gasteiger partial charge < -0.3 is 0 Å². The summed E-state index contributed by atoms with van der Waals surface area (Å²) in [5.41, 5.74) is 7.87. The molecule has 47 heavy (non-hydrogen) atoms. The third kappa shape index (κ3) is 11.3. The second-order valence-electron chi connectivity index (χ2n) is 11.7. The van der Waals surface area contributed by atoms with E-state index in [-0.39, 0.29) is 0 Å². The summed E-state index contributed by atoms with van der Waals surface area (Å²) in [5.74, 6) is 0. The van der Waals surface area contributed by atoms with Gasteiger partial charge in [-0.05, 0) is 89.2 Å². The van der Waals surface area contributed by atoms with Crippen LogP contribution in [0.2, 0.25) is 0 Å². The molecule has 6 aromatic carbocycles. The van der Waals surface area contributed by atoms with Crippen LogP contribution in [-0.2, 0) is 16.5 Å². The molecular weight excluding hydrogens is 832 g/mol. The molecule has 5 heteroatoms. The van der Waals surface area contributed by atoms with Crippen LogP contribution in [-0.4, -0.2) is 0 Å². The fraction of sp³-hybridized carbons (Fsp3) is 0.143. The summed E-state index contributed by atoms with van der Waals surface area (Å²) in [5, 5.41) is 8.46. The first-order valence-corrected chi connectivity index (χ1v) is 23.8. The Morgan fingerprint density at radius 1 is 0.277 bits per heavy atom. The first-order valence-electron chi connectivity index (χ1n) is 15.5. The Morgan fingerprint density at radius 2 is 0.383 bits per heavy atom. The van der Waals surface area contributed by atoms with Gasteiger partial charge in [0.1, 0.15) is 0 Å². The normalized spacial score (nSPS) is 10.7. The summed E-state index contributed by atoms with van der Waals surface area (Å²) in [7, 11) is 8.78. The van der Waals surface area contributed by atoms with Crippen molar-refractivity contribution in [3.63, 3.8) is 0 Å². The zero-order chi connectivity index (χ0) is 33.8. The van der Waals surface area contributed by atoms with Gasteiger partial charge >= 0.3 is 35.3 Å². The molecule has 0 aliphatic carbocycles. The van der Waals surface area contributed by atoms with Gasteiger partial charge in [0, 0.05) is 0 Å². The second-order valence-corrected chi connectivity index (χ2v) is 19.5. The van der Waals surface area contributed by atoms with E-state index in [1.807, 2.05) is 0 Å². The Labute approximate surface area is 301 Å². The molecule has 0 heterocycles. The number of hydrogen-bond donors (Lipinski definition) is 0. The van der Waals surface area contributed by atoms with E-state index < -0.39 is 32.3 Å². The molecular formula is C42H42Cl2P2Pt. The molecule has 0 saturated heterocycles. The van der Waals surface area contributed by atoms with Crippen LogP contribution in [0.4, 0.5) is 0 Å². The van der Waals surface area contributed by atoms with Crippen molar-refractivity contribution in [1.82, 2.24) is 0 Å². The number of benzene rings is 6. The van der Waals surface area contributed by atoms with E-state index in [4.69, 9.17) is 18.8 Å². The molecule has 6 rings (SSSR count). The molecule has 0 radical (unpaired) electrons. The maximum atomic E-state index is 4.88. The summed E-state index contributed by atoms with van der Waals surface area (Å²) in [4.78, 5) is 0. The van der Waals surface area contributed by atoms with Crippen molar-refractivity contribution in [2.45, 2.75) is 41.5 Å². The van der Waals surface area contributed by atoms with E-state index >= 15 is 0 Å². The summed E-state index contributed by atoms with van der Waals surface area (Å²) < 4.78 is 0. The van der Waals surface area contributed by atoms with Crippen LogP contribution in [0.1, 0.15) is 33.4 Å². The summed E-state index contributed by atoms with van der Waals surface area (Å²) in [6.45, 7) is 12.9. The fourth-order valence-electron chi connectivity index (χ4n) is 5.06. The third-order valence-electron chi connectivity index (χ3n) is 7.75. The average molecular weight is 875 g/mol. The summed E-state index contributed by atoms with van der Waals surface area (Å²) >= 11 is -0.472. The molecule has 0 aliphatic heterocycles. The zero-order valence-corrected chi connectivity index (χ0v) is 33.4. The molecule has 0 bridgehead atoms. The molecule has 0 atom stereocenters. The second kappa shape index (κ2) is 18.8. The molecule has 0 aromatic heterocycles. The van der Waals surface area contributed by atoms with Gasteiger partial charge in [-0.1, -0.05) is 179 Å². The molecule has 0 aliphatic rings. The van der Waals surface area contributed by atoms with E-state index in [1.54, 1.807) is 0 Å². The SMILES string of the molecule is Cc1ccc(P(c2ccc(C)cc2)c2ccc(C)cc2)cc1.Cc1ccc(P(c2ccc(C)cc2)c2ccc(C)cc2)cc1.[Cl][Pt][Cl]. The van der Waals surface area contributed by atoms with Crippen LogP contribution in [0.15, 0.2) is 146 Å². The minimum atomic E-state index is -0.483. The predicted octanol–water partition coefficient (Wildman–Crippen LogP) is 10.1. The quantitative estimate of drug-likeness (QED) is 0.146. The molecule has 0 unspecified atom stereocenters. The van der Waals surface area contributed by atoms with Crippen molar-refractivity contribution in [3.8, 4) is 0 Å². The van der Waals surface area contributed by atoms with E-state index in [2.05, 4.69) is 187 Å². The molecule has 0 nitrogen and oxygen atoms in total. The molecule has 244 valence electrons. The van der Waals surface area contributed by atoms with Crippen molar-refractivity contribution in [2.24, 2.45) is 0 Å². The molecule has 0 spiro atoms. The Kier molecular flexibility index (Phi) is 14.9. The van der Waals surface area contributed by atoms with Crippen molar-refractivity contribution in [2.75, 3.05) is 0 Å². The Balaban J connectivity index is 0.000000197. The first kappa shape index (κ1) is 37.3. The van der Waals surface area contributed by atoms with Crippen LogP contribution in [0.3, 0.4) is 0 Å². The van der Waals surface area contributed by atoms with Crippen LogP contribution >= 0.6 is 34.7 Å². The first-order chi connectivity index (χ1) is 22.7. The van der Waals surface area contributed by atoms with Gasteiger partial charge in [-0.2, -0.15) is 0 Å². The van der Waals surface area contributed by atoms with Gasteiger partial charge in [0.25, 0.3) is 0 Å². The minimum absolute atomic E-state index is 0.472. The van der Waals surface area contributed by atoms with Crippen molar-refractivity contribution in [3.05, 3.63) is 179 Å². The van der Waals surface area contributed by atoms with Crippen LogP contribution in [0, 0.1) is 41.5 Å². The standard InChI is InChI=1S/2C21H21P.2ClH.Pt/c2*1-16-4-10-19(11-5-16)22(20-12-6-17(2)7-13-20)21-14-8-18(3)9-15-21;;;/h2*4-15H,1-3H3;2*1H;/q;;;;+2/p-2. The Hall–Kier alpha value is -2.55. The number of halogens is 2. The predicted molar refractivity (Wildman–Crippen MR) is 210 cm³/mol. The van der Waals surface area contributed by atoms with Gasteiger partial charge in [0.2, 0.25) is 0 Å². The van der Waals surface area contributed by atoms with Crippen LogP contribution in [0.5, 0.6) is 0 Å². The van der Waals surface area contributed by atoms with E-state index in [9.17, 15) is 0 Å². The van der Waals surface area contributed by atoms with Gasteiger partial charge in [-0.15, -0.1) is 0 Å². The number of aryl methyl sites for hydroxylation is 6. The maximum absolute atomic E-state index is 4.88. The van der Waals surface area contributed by atoms with Crippen LogP contribution < -0.4 is 31.8 Å². The Bertz CT molecular complexity index is 1430. The average Bonchev–Trinajstić information content (AvgIpc) is 3.07. The molecule has 0 fully saturated rings. The monoisotopic (exact) mass is 873 g/mol. The van der Waals surface area contributed by atoms with Crippen molar-refractivity contribution < 1.29 is 16.5 Å². The van der Waals surface area contributed by atoms with Crippen molar-refractivity contribution in [1.29, 1.82) is 0 Å². The molecule has 0 N–H and O–H groups in total. The number of hydrogen-bond acceptors (Lipinski definition) is 0. The Morgan fingerprint density at radius 3 is 0.489 bits per heavy atom. The van der Waals surface area contributed by atoms with Gasteiger partial charge in [0.15, 0.2) is 0 Å². The van der Waals surface area contributed by atoms with Gasteiger partial charge in [-0.3, -0.25) is 0 Å². The van der Waals surface area contributed by atoms with Gasteiger partial charge in [0.05, 0.1) is 0 Å². The van der Waals surface area contributed by atoms with Crippen LogP contribution in [0.25, 0.3) is 0 Å². The number of rotatable bonds is 6. The molecule has 6 aromatic rings. The summed E-state index contributed by atoms with van der Waals surface area (Å²) in [6.07, 6.45) is 0.